The van der Waals surface area contributed by atoms with E-state index in [0.29, 0.717) is 0 Å². The second kappa shape index (κ2) is 7.34. The molecule has 2 rings (SSSR count). The largest absolute Gasteiger partial charge is 0.726 e. The van der Waals surface area contributed by atoms with Crippen LogP contribution >= 0.6 is 0 Å². The quantitative estimate of drug-likeness (QED) is 0.465. The molecule has 0 saturated carbocycles. The summed E-state index contributed by atoms with van der Waals surface area (Å²) >= 11 is 0. The van der Waals surface area contributed by atoms with Crippen LogP contribution in [-0.4, -0.2) is 53.1 Å². The van der Waals surface area contributed by atoms with Crippen LogP contribution in [0.2, 0.25) is 0 Å². The van der Waals surface area contributed by atoms with Gasteiger partial charge >= 0.3 is 0 Å². The number of rotatable bonds is 3. The van der Waals surface area contributed by atoms with E-state index in [0.717, 1.165) is 25.9 Å². The van der Waals surface area contributed by atoms with E-state index in [2.05, 4.69) is 35.1 Å². The molecule has 1 heterocycles. The van der Waals surface area contributed by atoms with E-state index in [-0.39, 0.29) is 6.61 Å². The van der Waals surface area contributed by atoms with Gasteiger partial charge < -0.3 is 9.66 Å². The highest BCUT2D eigenvalue weighted by atomic mass is 32.3. The van der Waals surface area contributed by atoms with Crippen molar-refractivity contribution in [1.29, 1.82) is 0 Å². The first-order valence-corrected chi connectivity index (χ1v) is 7.22. The van der Waals surface area contributed by atoms with Crippen LogP contribution < -0.4 is 0 Å². The van der Waals surface area contributed by atoms with Gasteiger partial charge in [-0.15, -0.1) is 0 Å². The number of aliphatic hydroxyl groups excluding tert-OH is 1. The molecule has 1 aliphatic heterocycles. The van der Waals surface area contributed by atoms with Gasteiger partial charge in [-0.2, -0.15) is 0 Å². The SMILES string of the molecule is O=S(=O)([O-])O.OCCC[N+]1=Cc2ccccc2CC1. The average molecular weight is 287 g/mol. The van der Waals surface area contributed by atoms with Crippen molar-refractivity contribution >= 4 is 16.6 Å². The van der Waals surface area contributed by atoms with Crippen LogP contribution in [0.5, 0.6) is 0 Å². The Hall–Kier alpha value is -1.28. The van der Waals surface area contributed by atoms with Gasteiger partial charge in [-0.05, 0) is 11.6 Å². The zero-order valence-corrected chi connectivity index (χ0v) is 11.2. The number of nitrogens with zero attached hydrogens (tertiary/aromatic N) is 1. The maximum absolute atomic E-state index is 8.75. The highest BCUT2D eigenvalue weighted by Crippen LogP contribution is 2.10. The third kappa shape index (κ3) is 7.02. The van der Waals surface area contributed by atoms with Gasteiger partial charge in [0.25, 0.3) is 0 Å². The van der Waals surface area contributed by atoms with Crippen molar-refractivity contribution in [3.05, 3.63) is 35.4 Å². The second-order valence-electron chi connectivity index (χ2n) is 4.12. The highest BCUT2D eigenvalue weighted by Gasteiger charge is 2.13. The van der Waals surface area contributed by atoms with Crippen LogP contribution in [0.4, 0.5) is 0 Å². The molecule has 6 nitrogen and oxygen atoms in total. The summed E-state index contributed by atoms with van der Waals surface area (Å²) in [5, 5.41) is 8.75. The topological polar surface area (TPSA) is 101 Å². The van der Waals surface area contributed by atoms with Crippen molar-refractivity contribution in [2.75, 3.05) is 19.7 Å². The summed E-state index contributed by atoms with van der Waals surface area (Å²) in [5.74, 6) is 0. The molecule has 7 heteroatoms. The minimum Gasteiger partial charge on any atom is -0.726 e. The predicted molar refractivity (Wildman–Crippen MR) is 69.3 cm³/mol. The second-order valence-corrected chi connectivity index (χ2v) is 4.97. The summed E-state index contributed by atoms with van der Waals surface area (Å²) in [6.07, 6.45) is 4.19. The van der Waals surface area contributed by atoms with Gasteiger partial charge in [0.1, 0.15) is 13.1 Å². The van der Waals surface area contributed by atoms with Crippen molar-refractivity contribution in [3.8, 4) is 0 Å². The van der Waals surface area contributed by atoms with E-state index in [4.69, 9.17) is 22.6 Å². The number of hydrogen-bond donors (Lipinski definition) is 2. The van der Waals surface area contributed by atoms with E-state index in [9.17, 15) is 0 Å². The molecule has 19 heavy (non-hydrogen) atoms. The Labute approximate surface area is 112 Å². The predicted octanol–water partition coefficient (Wildman–Crippen LogP) is 0.0611. The van der Waals surface area contributed by atoms with Gasteiger partial charge in [-0.25, -0.2) is 13.0 Å². The summed E-state index contributed by atoms with van der Waals surface area (Å²) in [6.45, 7) is 2.33. The Kier molecular flexibility index (Phi) is 6.10. The standard InChI is InChI=1S/C12H16NO.H2O4S/c14-9-3-7-13-8-6-11-4-1-2-5-12(11)10-13;1-5(2,3)4/h1-2,4-5,10,14H,3,6-9H2;(H2,1,2,3,4)/q+1;/p-1. The fraction of sp³-hybridized carbons (Fsp3) is 0.417. The monoisotopic (exact) mass is 287 g/mol. The van der Waals surface area contributed by atoms with Crippen LogP contribution in [0.1, 0.15) is 17.5 Å². The van der Waals surface area contributed by atoms with Crippen molar-refractivity contribution in [1.82, 2.24) is 0 Å². The van der Waals surface area contributed by atoms with Gasteiger partial charge in [-0.1, -0.05) is 18.2 Å². The van der Waals surface area contributed by atoms with Crippen LogP contribution in [0.3, 0.4) is 0 Å². The first kappa shape index (κ1) is 15.8. The molecule has 1 aromatic carbocycles. The molecular formula is C12H17NO5S. The van der Waals surface area contributed by atoms with Gasteiger partial charge in [0.05, 0.1) is 0 Å². The van der Waals surface area contributed by atoms with Crippen molar-refractivity contribution in [3.63, 3.8) is 0 Å². The summed E-state index contributed by atoms with van der Waals surface area (Å²) in [7, 11) is -4.92. The van der Waals surface area contributed by atoms with E-state index in [1.807, 2.05) is 0 Å². The highest BCUT2D eigenvalue weighted by molar-refractivity contribution is 7.79. The lowest BCUT2D eigenvalue weighted by Gasteiger charge is -2.11. The molecule has 2 N–H and O–H groups in total. The third-order valence-corrected chi connectivity index (χ3v) is 2.65. The van der Waals surface area contributed by atoms with Crippen molar-refractivity contribution in [2.45, 2.75) is 12.8 Å². The molecule has 0 atom stereocenters. The lowest BCUT2D eigenvalue weighted by molar-refractivity contribution is -0.524. The number of fused-ring (bicyclic) bond motifs is 1. The van der Waals surface area contributed by atoms with Gasteiger partial charge in [0.2, 0.25) is 10.4 Å². The molecule has 0 amide bonds. The van der Waals surface area contributed by atoms with E-state index < -0.39 is 10.4 Å². The fourth-order valence-electron chi connectivity index (χ4n) is 1.86. The van der Waals surface area contributed by atoms with Crippen LogP contribution in [0.25, 0.3) is 0 Å². The maximum atomic E-state index is 8.75. The molecule has 0 radical (unpaired) electrons. The molecule has 0 spiro atoms. The van der Waals surface area contributed by atoms with Crippen molar-refractivity contribution in [2.24, 2.45) is 0 Å². The van der Waals surface area contributed by atoms with Gasteiger partial charge in [-0.3, -0.25) is 4.55 Å². The number of aliphatic hydroxyl groups is 1. The lowest BCUT2D eigenvalue weighted by Crippen LogP contribution is -2.24. The number of benzene rings is 1. The molecule has 106 valence electrons. The lowest BCUT2D eigenvalue weighted by atomic mass is 10.0. The first-order valence-electron chi connectivity index (χ1n) is 5.86. The van der Waals surface area contributed by atoms with Gasteiger partial charge in [0.15, 0.2) is 6.21 Å². The van der Waals surface area contributed by atoms with Crippen LogP contribution in [0.15, 0.2) is 24.3 Å². The summed E-state index contributed by atoms with van der Waals surface area (Å²) in [4.78, 5) is 0. The minimum absolute atomic E-state index is 0.284. The molecule has 0 bridgehead atoms. The fourth-order valence-corrected chi connectivity index (χ4v) is 1.86. The smallest absolute Gasteiger partial charge is 0.215 e. The summed E-state index contributed by atoms with van der Waals surface area (Å²) < 4.78 is 35.1. The Morgan fingerprint density at radius 2 is 1.95 bits per heavy atom. The van der Waals surface area contributed by atoms with E-state index in [1.165, 1.54) is 11.1 Å². The molecule has 0 fully saturated rings. The molecule has 1 aliphatic rings. The summed E-state index contributed by atoms with van der Waals surface area (Å²) in [5.41, 5.74) is 2.77. The zero-order valence-electron chi connectivity index (χ0n) is 10.4. The Balaban J connectivity index is 0.000000312. The molecule has 0 aliphatic carbocycles. The van der Waals surface area contributed by atoms with Crippen LogP contribution in [-0.2, 0) is 16.8 Å². The molecule has 0 aromatic heterocycles. The third-order valence-electron chi connectivity index (χ3n) is 2.65. The summed E-state index contributed by atoms with van der Waals surface area (Å²) in [6, 6.07) is 8.51. The van der Waals surface area contributed by atoms with Crippen LogP contribution in [0, 0.1) is 0 Å². The first-order chi connectivity index (χ1) is 8.90. The molecule has 0 unspecified atom stereocenters. The molecule has 0 saturated heterocycles. The molecule has 1 aromatic rings. The van der Waals surface area contributed by atoms with E-state index >= 15 is 0 Å². The van der Waals surface area contributed by atoms with E-state index in [1.54, 1.807) is 0 Å². The zero-order chi connectivity index (χ0) is 14.3. The normalized spacial score (nSPS) is 13.9. The van der Waals surface area contributed by atoms with Crippen molar-refractivity contribution < 1.29 is 27.2 Å². The minimum atomic E-state index is -4.92. The van der Waals surface area contributed by atoms with Gasteiger partial charge in [0, 0.05) is 25.0 Å². The average Bonchev–Trinajstić information content (AvgIpc) is 2.34. The number of hydrogen-bond acceptors (Lipinski definition) is 4. The Bertz CT molecular complexity index is 531. The Morgan fingerprint density at radius 3 is 2.58 bits per heavy atom. The molecular weight excluding hydrogens is 270 g/mol. The Morgan fingerprint density at radius 1 is 1.32 bits per heavy atom. The maximum Gasteiger partial charge on any atom is 0.215 e.